The monoisotopic (exact) mass is 390 g/mol. The van der Waals surface area contributed by atoms with Gasteiger partial charge < -0.3 is 20.1 Å². The Morgan fingerprint density at radius 1 is 0.931 bits per heavy atom. The van der Waals surface area contributed by atoms with Gasteiger partial charge in [0.05, 0.1) is 25.9 Å². The maximum Gasteiger partial charge on any atom is 0.243 e. The lowest BCUT2D eigenvalue weighted by Crippen LogP contribution is -2.21. The minimum Gasteiger partial charge on any atom is -0.495 e. The molecule has 5 nitrogen and oxygen atoms in total. The van der Waals surface area contributed by atoms with Gasteiger partial charge >= 0.3 is 0 Å². The number of aryl methyl sites for hydroxylation is 1. The number of hydrogen-bond acceptors (Lipinski definition) is 4. The first-order valence-corrected chi connectivity index (χ1v) is 9.68. The second kappa shape index (κ2) is 10.8. The van der Waals surface area contributed by atoms with Crippen LogP contribution in [0.1, 0.15) is 12.0 Å². The molecule has 3 rings (SSSR count). The average molecular weight is 390 g/mol. The molecule has 3 aromatic rings. The van der Waals surface area contributed by atoms with Gasteiger partial charge in [-0.2, -0.15) is 0 Å². The highest BCUT2D eigenvalue weighted by Crippen LogP contribution is 2.23. The highest BCUT2D eigenvalue weighted by molar-refractivity contribution is 5.94. The van der Waals surface area contributed by atoms with Crippen molar-refractivity contribution in [3.05, 3.63) is 84.4 Å². The molecule has 29 heavy (non-hydrogen) atoms. The number of anilines is 2. The van der Waals surface area contributed by atoms with Crippen molar-refractivity contribution in [1.29, 1.82) is 0 Å². The van der Waals surface area contributed by atoms with Crippen molar-refractivity contribution in [3.63, 3.8) is 0 Å². The van der Waals surface area contributed by atoms with Crippen LogP contribution in [-0.2, 0) is 11.2 Å². The summed E-state index contributed by atoms with van der Waals surface area (Å²) in [5.41, 5.74) is 2.79. The van der Waals surface area contributed by atoms with E-state index >= 15 is 0 Å². The fourth-order valence-electron chi connectivity index (χ4n) is 2.95. The number of amides is 1. The Morgan fingerprint density at radius 2 is 1.72 bits per heavy atom. The minimum absolute atomic E-state index is 0.141. The molecule has 0 spiro atoms. The van der Waals surface area contributed by atoms with E-state index in [-0.39, 0.29) is 12.5 Å². The van der Waals surface area contributed by atoms with Crippen LogP contribution in [0.3, 0.4) is 0 Å². The van der Waals surface area contributed by atoms with Gasteiger partial charge in [0.15, 0.2) is 0 Å². The molecule has 1 amide bonds. The van der Waals surface area contributed by atoms with Gasteiger partial charge in [0.2, 0.25) is 5.91 Å². The zero-order valence-electron chi connectivity index (χ0n) is 16.6. The van der Waals surface area contributed by atoms with Crippen LogP contribution in [-0.4, -0.2) is 26.2 Å². The normalized spacial score (nSPS) is 10.2. The van der Waals surface area contributed by atoms with Gasteiger partial charge in [0.25, 0.3) is 0 Å². The number of rotatable bonds is 10. The van der Waals surface area contributed by atoms with E-state index in [1.807, 2.05) is 66.7 Å². The molecular formula is C24H26N2O3. The van der Waals surface area contributed by atoms with Crippen molar-refractivity contribution in [2.24, 2.45) is 0 Å². The smallest absolute Gasteiger partial charge is 0.243 e. The van der Waals surface area contributed by atoms with Gasteiger partial charge in [-0.05, 0) is 42.7 Å². The summed E-state index contributed by atoms with van der Waals surface area (Å²) in [6.45, 7) is 0.768. The number of hydrogen-bond donors (Lipinski definition) is 2. The first kappa shape index (κ1) is 20.3. The molecule has 0 heterocycles. The molecule has 0 aliphatic carbocycles. The third-order valence-corrected chi connectivity index (χ3v) is 4.39. The van der Waals surface area contributed by atoms with E-state index in [2.05, 4.69) is 22.8 Å². The predicted molar refractivity (Wildman–Crippen MR) is 117 cm³/mol. The Labute approximate surface area is 171 Å². The first-order chi connectivity index (χ1) is 14.2. The summed E-state index contributed by atoms with van der Waals surface area (Å²) in [4.78, 5) is 12.3. The third-order valence-electron chi connectivity index (χ3n) is 4.39. The summed E-state index contributed by atoms with van der Waals surface area (Å²) >= 11 is 0. The molecule has 0 aliphatic heterocycles. The highest BCUT2D eigenvalue weighted by Gasteiger charge is 2.06. The van der Waals surface area contributed by atoms with Crippen molar-refractivity contribution >= 4 is 17.3 Å². The number of carbonyl (C=O) groups is 1. The number of nitrogens with one attached hydrogen (secondary N) is 2. The highest BCUT2D eigenvalue weighted by atomic mass is 16.5. The predicted octanol–water partition coefficient (Wildman–Crippen LogP) is 4.76. The van der Waals surface area contributed by atoms with Crippen LogP contribution in [0.5, 0.6) is 11.5 Å². The van der Waals surface area contributed by atoms with Crippen molar-refractivity contribution in [1.82, 2.24) is 0 Å². The molecule has 0 aliphatic rings. The van der Waals surface area contributed by atoms with E-state index < -0.39 is 0 Å². The van der Waals surface area contributed by atoms with Gasteiger partial charge in [-0.15, -0.1) is 0 Å². The maximum absolute atomic E-state index is 12.3. The van der Waals surface area contributed by atoms with Crippen LogP contribution in [0.4, 0.5) is 11.4 Å². The summed E-state index contributed by atoms with van der Waals surface area (Å²) in [6.07, 6.45) is 1.91. The van der Waals surface area contributed by atoms with Crippen LogP contribution in [0, 0.1) is 0 Å². The number of ether oxygens (including phenoxy) is 2. The van der Waals surface area contributed by atoms with Gasteiger partial charge in [0.1, 0.15) is 11.5 Å². The zero-order chi connectivity index (χ0) is 20.3. The number of carbonyl (C=O) groups excluding carboxylic acids is 1. The third kappa shape index (κ3) is 6.57. The zero-order valence-corrected chi connectivity index (χ0v) is 16.6. The molecule has 3 aromatic carbocycles. The average Bonchev–Trinajstić information content (AvgIpc) is 2.76. The lowest BCUT2D eigenvalue weighted by molar-refractivity contribution is -0.114. The molecular weight excluding hydrogens is 364 g/mol. The van der Waals surface area contributed by atoms with Crippen molar-refractivity contribution in [2.45, 2.75) is 12.8 Å². The minimum atomic E-state index is -0.142. The fraction of sp³-hybridized carbons (Fsp3) is 0.208. The Morgan fingerprint density at radius 3 is 2.55 bits per heavy atom. The standard InChI is InChI=1S/C24H26N2O3/c1-28-23-15-6-5-14-22(23)25-18-24(27)26-20-12-7-13-21(17-20)29-16-8-11-19-9-3-2-4-10-19/h2-7,9-10,12-15,17,25H,8,11,16,18H2,1H3,(H,26,27). The molecule has 0 aromatic heterocycles. The quantitative estimate of drug-likeness (QED) is 0.490. The van der Waals surface area contributed by atoms with Crippen molar-refractivity contribution in [2.75, 3.05) is 30.9 Å². The lowest BCUT2D eigenvalue weighted by Gasteiger charge is -2.12. The second-order valence-electron chi connectivity index (χ2n) is 6.57. The van der Waals surface area contributed by atoms with Crippen LogP contribution in [0.25, 0.3) is 0 Å². The summed E-state index contributed by atoms with van der Waals surface area (Å²) < 4.78 is 11.1. The molecule has 2 N–H and O–H groups in total. The summed E-state index contributed by atoms with van der Waals surface area (Å²) in [7, 11) is 1.60. The Hall–Kier alpha value is -3.47. The van der Waals surface area contributed by atoms with Crippen molar-refractivity contribution < 1.29 is 14.3 Å². The van der Waals surface area contributed by atoms with E-state index in [1.54, 1.807) is 7.11 Å². The van der Waals surface area contributed by atoms with Gasteiger partial charge in [-0.1, -0.05) is 48.5 Å². The summed E-state index contributed by atoms with van der Waals surface area (Å²) in [5, 5.41) is 5.97. The molecule has 0 saturated heterocycles. The summed E-state index contributed by atoms with van der Waals surface area (Å²) in [6, 6.07) is 25.3. The lowest BCUT2D eigenvalue weighted by atomic mass is 10.1. The van der Waals surface area contributed by atoms with E-state index in [0.29, 0.717) is 18.0 Å². The molecule has 0 fully saturated rings. The fourth-order valence-corrected chi connectivity index (χ4v) is 2.95. The molecule has 0 radical (unpaired) electrons. The molecule has 0 saturated carbocycles. The maximum atomic E-state index is 12.3. The van der Waals surface area contributed by atoms with Gasteiger partial charge in [-0.3, -0.25) is 4.79 Å². The summed E-state index contributed by atoms with van der Waals surface area (Å²) in [5.74, 6) is 1.30. The Bertz CT molecular complexity index is 913. The van der Waals surface area contributed by atoms with E-state index in [9.17, 15) is 4.79 Å². The number of methoxy groups -OCH3 is 1. The molecule has 150 valence electrons. The van der Waals surface area contributed by atoms with Gasteiger partial charge in [0, 0.05) is 11.8 Å². The molecule has 0 atom stereocenters. The van der Waals surface area contributed by atoms with Crippen LogP contribution >= 0.6 is 0 Å². The molecule has 0 bridgehead atoms. The van der Waals surface area contributed by atoms with E-state index in [4.69, 9.17) is 9.47 Å². The Balaban J connectivity index is 1.44. The SMILES string of the molecule is COc1ccccc1NCC(=O)Nc1cccc(OCCCc2ccccc2)c1. The Kier molecular flexibility index (Phi) is 7.52. The topological polar surface area (TPSA) is 59.6 Å². The van der Waals surface area contributed by atoms with Crippen molar-refractivity contribution in [3.8, 4) is 11.5 Å². The number of benzene rings is 3. The first-order valence-electron chi connectivity index (χ1n) is 9.68. The van der Waals surface area contributed by atoms with Gasteiger partial charge in [-0.25, -0.2) is 0 Å². The number of para-hydroxylation sites is 2. The largest absolute Gasteiger partial charge is 0.495 e. The molecule has 0 unspecified atom stereocenters. The van der Waals surface area contributed by atoms with Crippen LogP contribution < -0.4 is 20.1 Å². The second-order valence-corrected chi connectivity index (χ2v) is 6.57. The van der Waals surface area contributed by atoms with Crippen LogP contribution in [0.15, 0.2) is 78.9 Å². The van der Waals surface area contributed by atoms with E-state index in [0.717, 1.165) is 24.3 Å². The molecule has 5 heteroatoms. The van der Waals surface area contributed by atoms with Crippen LogP contribution in [0.2, 0.25) is 0 Å². The van der Waals surface area contributed by atoms with E-state index in [1.165, 1.54) is 5.56 Å².